The highest BCUT2D eigenvalue weighted by Crippen LogP contribution is 2.49. The molecule has 2 amide bonds. The van der Waals surface area contributed by atoms with E-state index in [-0.39, 0.29) is 25.4 Å². The molecule has 0 bridgehead atoms. The van der Waals surface area contributed by atoms with Crippen LogP contribution < -0.4 is 10.6 Å². The van der Waals surface area contributed by atoms with Crippen LogP contribution in [0.15, 0.2) is 60.7 Å². The number of hydrogen-bond acceptors (Lipinski definition) is 6. The van der Waals surface area contributed by atoms with Crippen molar-refractivity contribution in [2.75, 3.05) is 0 Å². The number of benzene rings is 2. The molecule has 1 unspecified atom stereocenters. The Morgan fingerprint density at radius 1 is 0.917 bits per heavy atom. The number of rotatable bonds is 13. The number of aliphatic carboxylic acids is 1. The number of carboxylic acids is 1. The molecule has 0 saturated carbocycles. The molecule has 2 aromatic carbocycles. The van der Waals surface area contributed by atoms with Crippen molar-refractivity contribution in [1.29, 1.82) is 0 Å². The first-order valence-electron chi connectivity index (χ1n) is 11.5. The molecule has 0 aliphatic carbocycles. The summed E-state index contributed by atoms with van der Waals surface area (Å²) in [6, 6.07) is 16.4. The van der Waals surface area contributed by atoms with Gasteiger partial charge in [-0.05, 0) is 30.4 Å². The number of ether oxygens (including phenoxy) is 1. The van der Waals surface area contributed by atoms with Crippen molar-refractivity contribution in [3.05, 3.63) is 71.8 Å². The number of hydrogen-bond donors (Lipinski definition) is 4. The number of carbonyl (C=O) groups is 3. The fourth-order valence-electron chi connectivity index (χ4n) is 3.24. The molecule has 0 aliphatic rings. The van der Waals surface area contributed by atoms with E-state index in [4.69, 9.17) is 14.4 Å². The smallest absolute Gasteiger partial charge is 0.408 e. The van der Waals surface area contributed by atoms with E-state index in [1.165, 1.54) is 6.92 Å². The van der Waals surface area contributed by atoms with Crippen LogP contribution in [0.2, 0.25) is 0 Å². The molecule has 0 radical (unpaired) electrons. The van der Waals surface area contributed by atoms with Crippen LogP contribution in [0.5, 0.6) is 0 Å². The zero-order valence-electron chi connectivity index (χ0n) is 20.5. The van der Waals surface area contributed by atoms with Gasteiger partial charge < -0.3 is 25.4 Å². The molecule has 4 atom stereocenters. The van der Waals surface area contributed by atoms with Crippen LogP contribution in [0.25, 0.3) is 0 Å². The van der Waals surface area contributed by atoms with E-state index in [0.717, 1.165) is 5.56 Å². The van der Waals surface area contributed by atoms with Crippen molar-refractivity contribution in [1.82, 2.24) is 10.6 Å². The molecular weight excluding hydrogens is 487 g/mol. The summed E-state index contributed by atoms with van der Waals surface area (Å²) in [5, 5.41) is 13.8. The van der Waals surface area contributed by atoms with Gasteiger partial charge in [-0.15, -0.1) is 0 Å². The molecule has 196 valence electrons. The van der Waals surface area contributed by atoms with Gasteiger partial charge in [0, 0.05) is 6.42 Å². The summed E-state index contributed by atoms with van der Waals surface area (Å²) in [4.78, 5) is 47.3. The average molecular weight is 521 g/mol. The summed E-state index contributed by atoms with van der Waals surface area (Å²) in [6.07, 6.45) is -2.36. The number of nitrogens with one attached hydrogen (secondary N) is 2. The second kappa shape index (κ2) is 13.8. The lowest BCUT2D eigenvalue weighted by molar-refractivity contribution is -0.142. The number of amides is 2. The highest BCUT2D eigenvalue weighted by atomic mass is 31.2. The lowest BCUT2D eigenvalue weighted by Gasteiger charge is -2.28. The first kappa shape index (κ1) is 29.0. The van der Waals surface area contributed by atoms with Gasteiger partial charge in [-0.25, -0.2) is 4.79 Å². The lowest BCUT2D eigenvalue weighted by Crippen LogP contribution is -2.46. The van der Waals surface area contributed by atoms with Crippen LogP contribution in [-0.2, 0) is 36.4 Å². The average Bonchev–Trinajstić information content (AvgIpc) is 2.82. The summed E-state index contributed by atoms with van der Waals surface area (Å²) >= 11 is 0. The standard InChI is InChI=1S/C25H33N2O8P/c1-17(2)14-21(23(28)26-18(3)24(29)30)35-36(32,33)22(15-19-10-6-4-7-11-19)27-25(31)34-16-20-12-8-5-9-13-20/h4-13,17-18,21-22H,14-16H2,1-3H3,(H,26,28)(H,27,31)(H,29,30)(H,32,33)/t18-,21-,22+/m0/s1. The summed E-state index contributed by atoms with van der Waals surface area (Å²) < 4.78 is 24.0. The summed E-state index contributed by atoms with van der Waals surface area (Å²) in [6.45, 7) is 4.79. The van der Waals surface area contributed by atoms with E-state index in [1.807, 2.05) is 6.07 Å². The SMILES string of the molecule is CC(C)C[C@H](OP(=O)(O)[C@H](Cc1ccccc1)NC(=O)OCc1ccccc1)C(=O)N[C@@H](C)C(=O)O. The molecule has 2 aromatic rings. The van der Waals surface area contributed by atoms with Gasteiger partial charge in [-0.3, -0.25) is 18.7 Å². The Morgan fingerprint density at radius 3 is 2.00 bits per heavy atom. The molecule has 10 nitrogen and oxygen atoms in total. The van der Waals surface area contributed by atoms with Crippen molar-refractivity contribution >= 4 is 25.6 Å². The fraction of sp³-hybridized carbons (Fsp3) is 0.400. The minimum Gasteiger partial charge on any atom is -0.480 e. The predicted molar refractivity (Wildman–Crippen MR) is 133 cm³/mol. The van der Waals surface area contributed by atoms with Crippen LogP contribution in [0.3, 0.4) is 0 Å². The molecule has 0 spiro atoms. The Kier molecular flexibility index (Phi) is 11.1. The molecule has 0 saturated heterocycles. The van der Waals surface area contributed by atoms with E-state index in [0.29, 0.717) is 5.56 Å². The van der Waals surface area contributed by atoms with Crippen LogP contribution in [0.4, 0.5) is 4.79 Å². The van der Waals surface area contributed by atoms with E-state index in [1.54, 1.807) is 68.4 Å². The Hall–Kier alpha value is -3.20. The number of carbonyl (C=O) groups excluding carboxylic acids is 2. The molecule has 4 N–H and O–H groups in total. The second-order valence-electron chi connectivity index (χ2n) is 8.77. The van der Waals surface area contributed by atoms with Gasteiger partial charge >= 0.3 is 19.7 Å². The minimum atomic E-state index is -4.67. The van der Waals surface area contributed by atoms with Crippen molar-refractivity contribution in [2.45, 2.75) is 58.1 Å². The van der Waals surface area contributed by atoms with Crippen LogP contribution in [0.1, 0.15) is 38.3 Å². The molecule has 11 heteroatoms. The van der Waals surface area contributed by atoms with Gasteiger partial charge in [0.2, 0.25) is 5.91 Å². The quantitative estimate of drug-likeness (QED) is 0.292. The van der Waals surface area contributed by atoms with Gasteiger partial charge in [0.1, 0.15) is 24.5 Å². The minimum absolute atomic E-state index is 0.0488. The molecule has 0 heterocycles. The largest absolute Gasteiger partial charge is 0.480 e. The van der Waals surface area contributed by atoms with Crippen LogP contribution in [0, 0.1) is 5.92 Å². The van der Waals surface area contributed by atoms with Crippen LogP contribution >= 0.6 is 7.60 Å². The third-order valence-corrected chi connectivity index (χ3v) is 6.80. The van der Waals surface area contributed by atoms with Crippen molar-refractivity contribution in [3.63, 3.8) is 0 Å². The summed E-state index contributed by atoms with van der Waals surface area (Å²) in [5.74, 6) is -3.64. The zero-order chi connectivity index (χ0) is 26.7. The number of alkyl carbamates (subject to hydrolysis) is 1. The third-order valence-electron chi connectivity index (χ3n) is 5.15. The Labute approximate surface area is 210 Å². The van der Waals surface area contributed by atoms with E-state index < -0.39 is 43.5 Å². The maximum absolute atomic E-state index is 13.4. The Bertz CT molecular complexity index is 1050. The summed E-state index contributed by atoms with van der Waals surface area (Å²) in [5.41, 5.74) is 1.38. The summed E-state index contributed by atoms with van der Waals surface area (Å²) in [7, 11) is -4.67. The maximum atomic E-state index is 13.4. The van der Waals surface area contributed by atoms with Crippen LogP contribution in [-0.4, -0.2) is 45.9 Å². The van der Waals surface area contributed by atoms with Crippen molar-refractivity contribution in [3.8, 4) is 0 Å². The molecule has 0 fully saturated rings. The van der Waals surface area contributed by atoms with Crippen molar-refractivity contribution in [2.24, 2.45) is 5.92 Å². The van der Waals surface area contributed by atoms with E-state index >= 15 is 0 Å². The first-order chi connectivity index (χ1) is 17.0. The molecule has 2 rings (SSSR count). The molecule has 0 aliphatic heterocycles. The first-order valence-corrected chi connectivity index (χ1v) is 13.2. The van der Waals surface area contributed by atoms with E-state index in [2.05, 4.69) is 10.6 Å². The molecule has 0 aromatic heterocycles. The zero-order valence-corrected chi connectivity index (χ0v) is 21.4. The predicted octanol–water partition coefficient (Wildman–Crippen LogP) is 3.69. The van der Waals surface area contributed by atoms with Gasteiger partial charge in [0.25, 0.3) is 0 Å². The van der Waals surface area contributed by atoms with Crippen molar-refractivity contribution < 1.29 is 38.2 Å². The van der Waals surface area contributed by atoms with Gasteiger partial charge in [-0.2, -0.15) is 0 Å². The molecule has 36 heavy (non-hydrogen) atoms. The van der Waals surface area contributed by atoms with Gasteiger partial charge in [0.15, 0.2) is 0 Å². The highest BCUT2D eigenvalue weighted by Gasteiger charge is 2.39. The highest BCUT2D eigenvalue weighted by molar-refractivity contribution is 7.53. The fourth-order valence-corrected chi connectivity index (χ4v) is 4.64. The van der Waals surface area contributed by atoms with E-state index in [9.17, 15) is 23.8 Å². The normalized spacial score (nSPS) is 15.2. The maximum Gasteiger partial charge on any atom is 0.408 e. The topological polar surface area (TPSA) is 151 Å². The van der Waals surface area contributed by atoms with Gasteiger partial charge in [-0.1, -0.05) is 74.5 Å². The lowest BCUT2D eigenvalue weighted by atomic mass is 10.1. The third kappa shape index (κ3) is 9.81. The Balaban J connectivity index is 2.21. The molecular formula is C25H33N2O8P. The second-order valence-corrected chi connectivity index (χ2v) is 10.7. The monoisotopic (exact) mass is 520 g/mol. The van der Waals surface area contributed by atoms with Gasteiger partial charge in [0.05, 0.1) is 0 Å². The Morgan fingerprint density at radius 2 is 1.47 bits per heavy atom. The number of carboxylic acid groups (broad SMARTS) is 1.